The minimum Gasteiger partial charge on any atom is -0.316 e. The van der Waals surface area contributed by atoms with E-state index in [1.165, 1.54) is 0 Å². The summed E-state index contributed by atoms with van der Waals surface area (Å²) in [5, 5.41) is 0.115. The molecule has 0 aromatic carbocycles. The fourth-order valence-corrected chi connectivity index (χ4v) is 3.94. The lowest BCUT2D eigenvalue weighted by molar-refractivity contribution is 0.217. The molecule has 68 valence electrons. The van der Waals surface area contributed by atoms with Gasteiger partial charge in [0.05, 0.1) is 6.10 Å². The Hall–Kier alpha value is 0.500. The molecular formula is C6H15O3PS. The minimum absolute atomic E-state index is 0.115. The van der Waals surface area contributed by atoms with Crippen molar-refractivity contribution >= 4 is 18.2 Å². The van der Waals surface area contributed by atoms with Gasteiger partial charge in [0.25, 0.3) is 0 Å². The lowest BCUT2D eigenvalue weighted by Gasteiger charge is -2.15. The molecule has 0 saturated carbocycles. The first-order chi connectivity index (χ1) is 4.83. The Bertz CT molecular complexity index is 144. The van der Waals surface area contributed by atoms with Crippen LogP contribution < -0.4 is 0 Å². The Morgan fingerprint density at radius 1 is 1.36 bits per heavy atom. The molecule has 0 amide bonds. The van der Waals surface area contributed by atoms with Crippen molar-refractivity contribution in [1.29, 1.82) is 0 Å². The van der Waals surface area contributed by atoms with Crippen LogP contribution in [0.25, 0.3) is 0 Å². The third-order valence-corrected chi connectivity index (χ3v) is 4.39. The second-order valence-electron chi connectivity index (χ2n) is 2.78. The summed E-state index contributed by atoms with van der Waals surface area (Å²) >= 11 is 0.974. The van der Waals surface area contributed by atoms with Crippen molar-refractivity contribution < 1.29 is 14.0 Å². The summed E-state index contributed by atoms with van der Waals surface area (Å²) in [4.78, 5) is 9.15. The van der Waals surface area contributed by atoms with E-state index in [9.17, 15) is 4.57 Å². The quantitative estimate of drug-likeness (QED) is 0.705. The molecule has 0 aromatic rings. The third-order valence-electron chi connectivity index (χ3n) is 0.688. The van der Waals surface area contributed by atoms with E-state index in [4.69, 9.17) is 9.42 Å². The fourth-order valence-electron chi connectivity index (χ4n) is 0.558. The van der Waals surface area contributed by atoms with E-state index in [-0.39, 0.29) is 11.4 Å². The van der Waals surface area contributed by atoms with Crippen LogP contribution in [0.5, 0.6) is 0 Å². The van der Waals surface area contributed by atoms with E-state index < -0.39 is 6.80 Å². The van der Waals surface area contributed by atoms with Gasteiger partial charge >= 0.3 is 6.80 Å². The molecule has 5 heteroatoms. The van der Waals surface area contributed by atoms with Crippen molar-refractivity contribution in [1.82, 2.24) is 0 Å². The highest BCUT2D eigenvalue weighted by Gasteiger charge is 2.23. The maximum absolute atomic E-state index is 11.1. The Morgan fingerprint density at radius 3 is 2.09 bits per heavy atom. The zero-order chi connectivity index (χ0) is 9.07. The van der Waals surface area contributed by atoms with Gasteiger partial charge in [-0.15, -0.1) is 0 Å². The number of hydrogen-bond donors (Lipinski definition) is 1. The van der Waals surface area contributed by atoms with Gasteiger partial charge in [-0.3, -0.25) is 4.52 Å². The predicted molar refractivity (Wildman–Crippen MR) is 48.8 cm³/mol. The normalized spacial score (nSPS) is 17.4. The molecule has 0 fully saturated rings. The molecule has 0 aromatic heterocycles. The molecule has 0 aliphatic carbocycles. The third kappa shape index (κ3) is 6.88. The molecule has 0 aliphatic heterocycles. The lowest BCUT2D eigenvalue weighted by Crippen LogP contribution is -1.99. The van der Waals surface area contributed by atoms with Crippen LogP contribution in [0, 0.1) is 0 Å². The highest BCUT2D eigenvalue weighted by atomic mass is 32.7. The van der Waals surface area contributed by atoms with Gasteiger partial charge in [-0.25, -0.2) is 4.57 Å². The van der Waals surface area contributed by atoms with Gasteiger partial charge in [-0.05, 0) is 25.2 Å². The summed E-state index contributed by atoms with van der Waals surface area (Å²) in [6, 6.07) is 0. The van der Waals surface area contributed by atoms with E-state index in [1.54, 1.807) is 13.8 Å². The highest BCUT2D eigenvalue weighted by molar-refractivity contribution is 8.55. The highest BCUT2D eigenvalue weighted by Crippen LogP contribution is 2.58. The Morgan fingerprint density at radius 2 is 1.82 bits per heavy atom. The van der Waals surface area contributed by atoms with Gasteiger partial charge in [0.15, 0.2) is 0 Å². The van der Waals surface area contributed by atoms with Gasteiger partial charge < -0.3 is 4.89 Å². The lowest BCUT2D eigenvalue weighted by atomic mass is 10.5. The van der Waals surface area contributed by atoms with E-state index in [2.05, 4.69) is 0 Å². The van der Waals surface area contributed by atoms with E-state index in [0.29, 0.717) is 0 Å². The van der Waals surface area contributed by atoms with Gasteiger partial charge in [0.2, 0.25) is 0 Å². The maximum Gasteiger partial charge on any atom is 0.387 e. The van der Waals surface area contributed by atoms with Gasteiger partial charge in [-0.2, -0.15) is 0 Å². The van der Waals surface area contributed by atoms with Gasteiger partial charge in [0, 0.05) is 5.25 Å². The average molecular weight is 198 g/mol. The van der Waals surface area contributed by atoms with E-state index in [0.717, 1.165) is 11.4 Å². The van der Waals surface area contributed by atoms with Gasteiger partial charge in [0.1, 0.15) is 0 Å². The van der Waals surface area contributed by atoms with Crippen molar-refractivity contribution in [3.63, 3.8) is 0 Å². The molecule has 0 bridgehead atoms. The SMILES string of the molecule is CC(C)OP(=O)(O)SC(C)C. The first kappa shape index (κ1) is 11.5. The zero-order valence-electron chi connectivity index (χ0n) is 7.27. The van der Waals surface area contributed by atoms with E-state index >= 15 is 0 Å². The van der Waals surface area contributed by atoms with Crippen LogP contribution in [-0.4, -0.2) is 16.2 Å². The molecule has 1 N–H and O–H groups in total. The number of hydrogen-bond acceptors (Lipinski definition) is 3. The minimum atomic E-state index is -3.39. The van der Waals surface area contributed by atoms with Crippen LogP contribution in [0.4, 0.5) is 0 Å². The average Bonchev–Trinajstić information content (AvgIpc) is 1.53. The van der Waals surface area contributed by atoms with Crippen LogP contribution in [0.15, 0.2) is 0 Å². The molecule has 1 unspecified atom stereocenters. The molecule has 0 rings (SSSR count). The summed E-state index contributed by atoms with van der Waals surface area (Å²) in [5.41, 5.74) is 0. The molecule has 0 spiro atoms. The second-order valence-corrected chi connectivity index (χ2v) is 7.10. The van der Waals surface area contributed by atoms with Crippen LogP contribution in [-0.2, 0) is 9.09 Å². The zero-order valence-corrected chi connectivity index (χ0v) is 8.98. The summed E-state index contributed by atoms with van der Waals surface area (Å²) in [6.07, 6.45) is -0.197. The maximum atomic E-state index is 11.1. The van der Waals surface area contributed by atoms with Crippen molar-refractivity contribution in [2.45, 2.75) is 39.0 Å². The predicted octanol–water partition coefficient (Wildman–Crippen LogP) is 2.65. The van der Waals surface area contributed by atoms with Crippen molar-refractivity contribution in [2.75, 3.05) is 0 Å². The van der Waals surface area contributed by atoms with Crippen molar-refractivity contribution in [3.05, 3.63) is 0 Å². The van der Waals surface area contributed by atoms with Crippen LogP contribution >= 0.6 is 18.2 Å². The van der Waals surface area contributed by atoms with Crippen LogP contribution in [0.1, 0.15) is 27.7 Å². The Balaban J connectivity index is 3.91. The molecule has 1 atom stereocenters. The monoisotopic (exact) mass is 198 g/mol. The van der Waals surface area contributed by atoms with Crippen molar-refractivity contribution in [2.24, 2.45) is 0 Å². The second kappa shape index (κ2) is 4.51. The Labute approximate surface area is 71.8 Å². The molecule has 0 saturated heterocycles. The fraction of sp³-hybridized carbons (Fsp3) is 1.00. The Kier molecular flexibility index (Phi) is 4.71. The smallest absolute Gasteiger partial charge is 0.316 e. The standard InChI is InChI=1S/C6H15O3PS/c1-5(2)9-10(7,8)11-6(3)4/h5-6H,1-4H3,(H,7,8). The molecule has 3 nitrogen and oxygen atoms in total. The first-order valence-electron chi connectivity index (χ1n) is 3.53. The summed E-state index contributed by atoms with van der Waals surface area (Å²) < 4.78 is 16.0. The number of rotatable bonds is 4. The van der Waals surface area contributed by atoms with E-state index in [1.807, 2.05) is 13.8 Å². The van der Waals surface area contributed by atoms with Gasteiger partial charge in [-0.1, -0.05) is 13.8 Å². The van der Waals surface area contributed by atoms with Crippen LogP contribution in [0.2, 0.25) is 0 Å². The molecule has 0 radical (unpaired) electrons. The van der Waals surface area contributed by atoms with Crippen molar-refractivity contribution in [3.8, 4) is 0 Å². The van der Waals surface area contributed by atoms with Crippen LogP contribution in [0.3, 0.4) is 0 Å². The molecular weight excluding hydrogens is 183 g/mol. The molecule has 0 heterocycles. The largest absolute Gasteiger partial charge is 0.387 e. The molecule has 11 heavy (non-hydrogen) atoms. The first-order valence-corrected chi connectivity index (χ1v) is 6.59. The topological polar surface area (TPSA) is 46.5 Å². The summed E-state index contributed by atoms with van der Waals surface area (Å²) in [7, 11) is 0. The summed E-state index contributed by atoms with van der Waals surface area (Å²) in [6.45, 7) is 3.81. The molecule has 0 aliphatic rings. The summed E-state index contributed by atoms with van der Waals surface area (Å²) in [5.74, 6) is 0.